The van der Waals surface area contributed by atoms with Gasteiger partial charge in [-0.1, -0.05) is 0 Å². The smallest absolute Gasteiger partial charge is 0.672 e. The van der Waals surface area contributed by atoms with Gasteiger partial charge >= 0.3 is 37.7 Å². The van der Waals surface area contributed by atoms with Crippen LogP contribution >= 0.6 is 0 Å². The van der Waals surface area contributed by atoms with Crippen molar-refractivity contribution in [2.75, 3.05) is 0 Å². The minimum absolute atomic E-state index is 0. The van der Waals surface area contributed by atoms with E-state index in [1.807, 2.05) is 0 Å². The summed E-state index contributed by atoms with van der Waals surface area (Å²) in [4.78, 5) is 51.1. The minimum atomic E-state index is -3.63. The standard InChI is InChI=1S/Ca.3O3Si/c;3*1-4(2)3/q+2;3*-2. The molecule has 0 radical (unpaired) electrons. The Balaban J connectivity index is -0.0000000450. The van der Waals surface area contributed by atoms with Gasteiger partial charge < -0.3 is 42.2 Å². The minimum Gasteiger partial charge on any atom is -0.672 e. The Morgan fingerprint density at radius 2 is 0.538 bits per heavy atom. The molecule has 0 aromatic heterocycles. The molecule has 0 saturated heterocycles. The first-order valence-electron chi connectivity index (χ1n) is 1.84. The molecule has 0 aliphatic carbocycles. The van der Waals surface area contributed by atoms with Crippen LogP contribution in [-0.2, 0) is 13.4 Å². The van der Waals surface area contributed by atoms with Crippen molar-refractivity contribution >= 4 is 65.2 Å². The number of rotatable bonds is 0. The van der Waals surface area contributed by atoms with Crippen LogP contribution in [0.2, 0.25) is 0 Å². The first-order chi connectivity index (χ1) is 5.20. The maximum Gasteiger partial charge on any atom is 2.00 e. The fourth-order valence-electron chi connectivity index (χ4n) is 0. The van der Waals surface area contributed by atoms with E-state index in [1.54, 1.807) is 0 Å². The van der Waals surface area contributed by atoms with E-state index < -0.39 is 27.5 Å². The molecule has 0 aliphatic heterocycles. The van der Waals surface area contributed by atoms with Crippen molar-refractivity contribution in [2.24, 2.45) is 0 Å². The van der Waals surface area contributed by atoms with Gasteiger partial charge in [0.2, 0.25) is 0 Å². The Morgan fingerprint density at radius 1 is 0.538 bits per heavy atom. The van der Waals surface area contributed by atoms with Gasteiger partial charge in [0.05, 0.1) is 0 Å². The summed E-state index contributed by atoms with van der Waals surface area (Å²) in [6, 6.07) is 0. The molecule has 13 heteroatoms. The molecule has 0 heterocycles. The van der Waals surface area contributed by atoms with E-state index in [-0.39, 0.29) is 37.7 Å². The zero-order chi connectivity index (χ0) is 10.7. The normalized spacial score (nSPS) is 5.54. The van der Waals surface area contributed by atoms with Gasteiger partial charge in [0.1, 0.15) is 0 Å². The van der Waals surface area contributed by atoms with Crippen LogP contribution in [0.15, 0.2) is 0 Å². The molecule has 0 saturated carbocycles. The van der Waals surface area contributed by atoms with Gasteiger partial charge in [0.15, 0.2) is 0 Å². The van der Waals surface area contributed by atoms with E-state index in [0.717, 1.165) is 0 Å². The molecular formula is CaO9Si3-4. The molecule has 0 aromatic rings. The summed E-state index contributed by atoms with van der Waals surface area (Å²) in [5.74, 6) is 0. The summed E-state index contributed by atoms with van der Waals surface area (Å²) in [6.07, 6.45) is 0. The van der Waals surface area contributed by atoms with Crippen LogP contribution in [0.1, 0.15) is 0 Å². The fourth-order valence-corrected chi connectivity index (χ4v) is 0. The molecule has 0 N–H and O–H groups in total. The van der Waals surface area contributed by atoms with Crippen LogP contribution in [0.5, 0.6) is 0 Å². The average Bonchev–Trinajstić information content (AvgIpc) is 1.54. The molecule has 0 aromatic carbocycles. The molecule has 72 valence electrons. The molecule has 0 amide bonds. The van der Waals surface area contributed by atoms with Crippen LogP contribution in [-0.4, -0.2) is 65.2 Å². The van der Waals surface area contributed by atoms with Crippen LogP contribution in [0, 0.1) is 0 Å². The van der Waals surface area contributed by atoms with E-state index in [2.05, 4.69) is 0 Å². The molecule has 0 spiro atoms. The Labute approximate surface area is 107 Å². The summed E-state index contributed by atoms with van der Waals surface area (Å²) in [5.41, 5.74) is 0. The summed E-state index contributed by atoms with van der Waals surface area (Å²) >= 11 is 0. The third kappa shape index (κ3) is 102000. The summed E-state index contributed by atoms with van der Waals surface area (Å²) in [7, 11) is -10.9. The van der Waals surface area contributed by atoms with Gasteiger partial charge in [-0.25, -0.2) is 0 Å². The molecule has 0 aliphatic rings. The van der Waals surface area contributed by atoms with Crippen molar-refractivity contribution in [1.29, 1.82) is 0 Å². The van der Waals surface area contributed by atoms with Gasteiger partial charge in [-0.15, -0.1) is 0 Å². The van der Waals surface area contributed by atoms with Crippen LogP contribution in [0.4, 0.5) is 0 Å². The predicted octanol–water partition coefficient (Wildman–Crippen LogP) is -9.01. The molecule has 9 nitrogen and oxygen atoms in total. The predicted molar refractivity (Wildman–Crippen MR) is 25.1 cm³/mol. The second-order valence-corrected chi connectivity index (χ2v) is 2.25. The van der Waals surface area contributed by atoms with Crippen LogP contribution < -0.4 is 28.8 Å². The summed E-state index contributed by atoms with van der Waals surface area (Å²) in [5, 5.41) is 0. The van der Waals surface area contributed by atoms with E-state index in [1.165, 1.54) is 0 Å². The van der Waals surface area contributed by atoms with E-state index >= 15 is 0 Å². The Morgan fingerprint density at radius 3 is 0.538 bits per heavy atom. The number of hydrogen-bond donors (Lipinski definition) is 0. The Kier molecular flexibility index (Phi) is 32.1. The zero-order valence-electron chi connectivity index (χ0n) is 5.88. The molecule has 0 bridgehead atoms. The molecular weight excluding hydrogens is 268 g/mol. The molecule has 0 rings (SSSR count). The van der Waals surface area contributed by atoms with Gasteiger partial charge in [0, 0.05) is 27.5 Å². The van der Waals surface area contributed by atoms with Crippen molar-refractivity contribution in [3.05, 3.63) is 0 Å². The van der Waals surface area contributed by atoms with Gasteiger partial charge in [-0.2, -0.15) is 0 Å². The SMILES string of the molecule is O=[Si]([O-])[O-].O=[Si]([O-])[O-].O=[Si]([O-])[O-].[Ca+2]. The van der Waals surface area contributed by atoms with E-state index in [9.17, 15) is 0 Å². The van der Waals surface area contributed by atoms with Crippen molar-refractivity contribution in [1.82, 2.24) is 0 Å². The van der Waals surface area contributed by atoms with Crippen molar-refractivity contribution in [2.45, 2.75) is 0 Å². The van der Waals surface area contributed by atoms with Gasteiger partial charge in [0.25, 0.3) is 0 Å². The monoisotopic (exact) mass is 268 g/mol. The van der Waals surface area contributed by atoms with Crippen LogP contribution in [0.3, 0.4) is 0 Å². The number of hydrogen-bond acceptors (Lipinski definition) is 9. The topological polar surface area (TPSA) is 190 Å². The Hall–Kier alpha value is 0.110. The average molecular weight is 268 g/mol. The third-order valence-electron chi connectivity index (χ3n) is 0. The van der Waals surface area contributed by atoms with Crippen molar-refractivity contribution in [3.63, 3.8) is 0 Å². The zero-order valence-corrected chi connectivity index (χ0v) is 11.1. The molecule has 0 fully saturated rings. The second-order valence-electron chi connectivity index (χ2n) is 0.750. The summed E-state index contributed by atoms with van der Waals surface area (Å²) in [6.45, 7) is 0. The van der Waals surface area contributed by atoms with E-state index in [0.29, 0.717) is 0 Å². The molecule has 13 heavy (non-hydrogen) atoms. The van der Waals surface area contributed by atoms with Crippen molar-refractivity contribution in [3.8, 4) is 0 Å². The maximum absolute atomic E-state index is 8.52. The fraction of sp³-hybridized carbons (Fsp3) is 0. The third-order valence-corrected chi connectivity index (χ3v) is 0. The van der Waals surface area contributed by atoms with E-state index in [4.69, 9.17) is 42.2 Å². The molecule has 0 atom stereocenters. The molecule has 0 unspecified atom stereocenters. The quantitative estimate of drug-likeness (QED) is 0.384. The Bertz CT molecular complexity index is 112. The summed E-state index contributed by atoms with van der Waals surface area (Å²) < 4.78 is 25.6. The first-order valence-corrected chi connectivity index (χ1v) is 5.51. The van der Waals surface area contributed by atoms with Gasteiger partial charge in [-0.3, -0.25) is 0 Å². The maximum atomic E-state index is 8.52. The second kappa shape index (κ2) is 18.0. The van der Waals surface area contributed by atoms with Crippen LogP contribution in [0.25, 0.3) is 0 Å². The van der Waals surface area contributed by atoms with Gasteiger partial charge in [-0.05, 0) is 0 Å². The largest absolute Gasteiger partial charge is 2.00 e. The first kappa shape index (κ1) is 23.2. The van der Waals surface area contributed by atoms with Crippen molar-refractivity contribution < 1.29 is 42.2 Å².